The summed E-state index contributed by atoms with van der Waals surface area (Å²) in [6, 6.07) is 16.5. The first-order valence-corrected chi connectivity index (χ1v) is 17.1. The third kappa shape index (κ3) is 7.03. The quantitative estimate of drug-likeness (QED) is 0.263. The second-order valence-electron chi connectivity index (χ2n) is 11.9. The van der Waals surface area contributed by atoms with Crippen molar-refractivity contribution in [3.8, 4) is 11.1 Å². The number of ether oxygens (including phenoxy) is 3. The number of rotatable bonds is 8. The molecule has 2 aromatic carbocycles. The van der Waals surface area contributed by atoms with Crippen molar-refractivity contribution in [3.63, 3.8) is 0 Å². The number of nitrogens with zero attached hydrogens (tertiary/aromatic N) is 5. The van der Waals surface area contributed by atoms with Crippen LogP contribution in [0.25, 0.3) is 16.9 Å². The molecule has 4 aromatic rings. The summed E-state index contributed by atoms with van der Waals surface area (Å²) in [6.07, 6.45) is 7.95. The summed E-state index contributed by atoms with van der Waals surface area (Å²) in [4.78, 5) is 29.1. The second-order valence-corrected chi connectivity index (χ2v) is 11.9. The number of hydrogen-bond donors (Lipinski definition) is 1. The minimum absolute atomic E-state index is 0.0136. The van der Waals surface area contributed by atoms with Gasteiger partial charge in [-0.25, -0.2) is 15.0 Å². The highest BCUT2D eigenvalue weighted by atomic mass is 16.7. The molecular weight excluding hydrogens is 596 g/mol. The fourth-order valence-electron chi connectivity index (χ4n) is 6.79. The molecule has 0 radical (unpaired) electrons. The van der Waals surface area contributed by atoms with Crippen molar-refractivity contribution >= 4 is 11.6 Å². The highest BCUT2D eigenvalue weighted by Gasteiger charge is 2.41. The molecule has 47 heavy (non-hydrogen) atoms. The van der Waals surface area contributed by atoms with E-state index in [4.69, 9.17) is 19.0 Å². The number of hydrogen-bond acceptors (Lipinski definition) is 9. The standard InChI is InChI=1S/C34H40N6O5.C2H6/c1-2-3-8-30-29(32(41)39(33-35-22-37-40(30)33)26-13-15-34(16-14-26)43-18-19-44-34)21-24-9-11-25(12-10-24)27-6-4-5-7-28(27)31-36-23-42-17-20-45-38-31;1-2/h4-7,9-12,22,26H,2-3,8,13-21,23H2,1H3,(H,36,38);1-2H3. The Balaban J connectivity index is 0.00000190. The van der Waals surface area contributed by atoms with Gasteiger partial charge in [0.2, 0.25) is 5.78 Å². The van der Waals surface area contributed by atoms with Gasteiger partial charge in [-0.1, -0.05) is 75.7 Å². The summed E-state index contributed by atoms with van der Waals surface area (Å²) >= 11 is 0. The van der Waals surface area contributed by atoms with E-state index in [0.717, 1.165) is 78.5 Å². The van der Waals surface area contributed by atoms with Crippen molar-refractivity contribution in [3.05, 3.63) is 87.6 Å². The maximum atomic E-state index is 14.4. The molecule has 4 heterocycles. The van der Waals surface area contributed by atoms with Crippen molar-refractivity contribution in [2.75, 3.05) is 33.2 Å². The van der Waals surface area contributed by atoms with Crippen LogP contribution in [0.2, 0.25) is 0 Å². The van der Waals surface area contributed by atoms with Crippen LogP contribution < -0.4 is 11.0 Å². The molecule has 3 aliphatic rings. The van der Waals surface area contributed by atoms with Crippen LogP contribution in [0, 0.1) is 0 Å². The highest BCUT2D eigenvalue weighted by molar-refractivity contribution is 6.04. The fourth-order valence-corrected chi connectivity index (χ4v) is 6.79. The Bertz CT molecular complexity index is 1710. The largest absolute Gasteiger partial charge is 0.357 e. The molecule has 0 unspecified atom stereocenters. The number of hydroxylamine groups is 1. The predicted molar refractivity (Wildman–Crippen MR) is 180 cm³/mol. The second kappa shape index (κ2) is 15.3. The Morgan fingerprint density at radius 3 is 2.45 bits per heavy atom. The highest BCUT2D eigenvalue weighted by Crippen LogP contribution is 2.40. The number of aryl methyl sites for hydroxylation is 1. The van der Waals surface area contributed by atoms with Crippen molar-refractivity contribution < 1.29 is 19.0 Å². The molecule has 1 aliphatic carbocycles. The lowest BCUT2D eigenvalue weighted by atomic mass is 9.89. The van der Waals surface area contributed by atoms with Gasteiger partial charge in [-0.15, -0.1) is 0 Å². The van der Waals surface area contributed by atoms with Crippen LogP contribution in [-0.4, -0.2) is 63.9 Å². The first-order chi connectivity index (χ1) is 23.2. The molecule has 0 amide bonds. The molecule has 0 bridgehead atoms. The van der Waals surface area contributed by atoms with Crippen LogP contribution in [0.5, 0.6) is 0 Å². The molecule has 2 aromatic heterocycles. The monoisotopic (exact) mass is 642 g/mol. The molecule has 1 saturated carbocycles. The van der Waals surface area contributed by atoms with Gasteiger partial charge in [0.05, 0.1) is 32.1 Å². The molecule has 11 heteroatoms. The molecule has 1 N–H and O–H groups in total. The van der Waals surface area contributed by atoms with Gasteiger partial charge < -0.3 is 14.2 Å². The summed E-state index contributed by atoms with van der Waals surface area (Å²) < 4.78 is 21.2. The third-order valence-corrected chi connectivity index (χ3v) is 9.13. The minimum Gasteiger partial charge on any atom is -0.357 e. The molecule has 250 valence electrons. The third-order valence-electron chi connectivity index (χ3n) is 9.13. The zero-order chi connectivity index (χ0) is 32.6. The topological polar surface area (TPSA) is 114 Å². The summed E-state index contributed by atoms with van der Waals surface area (Å²) in [6.45, 7) is 8.65. The van der Waals surface area contributed by atoms with Gasteiger partial charge >= 0.3 is 0 Å². The lowest BCUT2D eigenvalue weighted by molar-refractivity contribution is -0.181. The number of nitrogens with one attached hydrogen (secondary N) is 1. The van der Waals surface area contributed by atoms with E-state index in [1.165, 1.54) is 0 Å². The van der Waals surface area contributed by atoms with Crippen molar-refractivity contribution in [1.29, 1.82) is 0 Å². The summed E-state index contributed by atoms with van der Waals surface area (Å²) in [5, 5.41) is 4.62. The van der Waals surface area contributed by atoms with Gasteiger partial charge in [0.15, 0.2) is 11.6 Å². The van der Waals surface area contributed by atoms with E-state index in [2.05, 4.69) is 57.8 Å². The van der Waals surface area contributed by atoms with Gasteiger partial charge in [-0.3, -0.25) is 14.2 Å². The number of aliphatic imine (C=N–C) groups is 1. The summed E-state index contributed by atoms with van der Waals surface area (Å²) in [5.41, 5.74) is 8.81. The van der Waals surface area contributed by atoms with Crippen LogP contribution in [0.3, 0.4) is 0 Å². The molecule has 0 atom stereocenters. The average molecular weight is 643 g/mol. The van der Waals surface area contributed by atoms with Crippen LogP contribution in [-0.2, 0) is 31.9 Å². The SMILES string of the molecule is CC.CCCCc1c(Cc2ccc(-c3ccccc3/C3=N/COCCON3)cc2)c(=O)n(C2CCC3(CC2)OCCO3)c2ncnn12. The number of unbranched alkanes of at least 4 members (excludes halogenated alkanes) is 1. The zero-order valence-electron chi connectivity index (χ0n) is 27.7. The molecule has 1 saturated heterocycles. The molecule has 2 aliphatic heterocycles. The van der Waals surface area contributed by atoms with Gasteiger partial charge in [0.1, 0.15) is 13.1 Å². The summed E-state index contributed by atoms with van der Waals surface area (Å²) in [7, 11) is 0. The maximum Gasteiger partial charge on any atom is 0.259 e. The van der Waals surface area contributed by atoms with Gasteiger partial charge in [-0.2, -0.15) is 10.1 Å². The van der Waals surface area contributed by atoms with E-state index in [9.17, 15) is 4.79 Å². The zero-order valence-corrected chi connectivity index (χ0v) is 27.7. The predicted octanol–water partition coefficient (Wildman–Crippen LogP) is 5.63. The van der Waals surface area contributed by atoms with E-state index < -0.39 is 5.79 Å². The van der Waals surface area contributed by atoms with E-state index in [1.54, 1.807) is 6.33 Å². The van der Waals surface area contributed by atoms with E-state index >= 15 is 0 Å². The van der Waals surface area contributed by atoms with Gasteiger partial charge in [-0.05, 0) is 42.4 Å². The number of aromatic nitrogens is 4. The fraction of sp³-hybridized carbons (Fsp3) is 0.500. The van der Waals surface area contributed by atoms with E-state index in [1.807, 2.05) is 41.1 Å². The van der Waals surface area contributed by atoms with E-state index in [-0.39, 0.29) is 18.3 Å². The average Bonchev–Trinajstić information content (AvgIpc) is 3.77. The van der Waals surface area contributed by atoms with Gasteiger partial charge in [0, 0.05) is 36.4 Å². The number of benzene rings is 2. The smallest absolute Gasteiger partial charge is 0.259 e. The lowest BCUT2D eigenvalue weighted by Crippen LogP contribution is -2.39. The Kier molecular flexibility index (Phi) is 10.8. The van der Waals surface area contributed by atoms with Crippen LogP contribution >= 0.6 is 0 Å². The molecule has 1 spiro atoms. The van der Waals surface area contributed by atoms with Gasteiger partial charge in [0.25, 0.3) is 5.56 Å². The van der Waals surface area contributed by atoms with Crippen LogP contribution in [0.1, 0.15) is 87.7 Å². The van der Waals surface area contributed by atoms with Crippen LogP contribution in [0.15, 0.2) is 64.6 Å². The molecular formula is C36H46N6O5. The van der Waals surface area contributed by atoms with Crippen LogP contribution in [0.4, 0.5) is 0 Å². The Labute approximate surface area is 275 Å². The first-order valence-electron chi connectivity index (χ1n) is 17.1. The lowest BCUT2D eigenvalue weighted by Gasteiger charge is -2.36. The molecule has 7 rings (SSSR count). The number of fused-ring (bicyclic) bond motifs is 1. The minimum atomic E-state index is -0.493. The van der Waals surface area contributed by atoms with E-state index in [0.29, 0.717) is 44.5 Å². The van der Waals surface area contributed by atoms with Crippen molar-refractivity contribution in [2.24, 2.45) is 4.99 Å². The van der Waals surface area contributed by atoms with Crippen molar-refractivity contribution in [2.45, 2.75) is 84.0 Å². The Morgan fingerprint density at radius 2 is 1.70 bits per heavy atom. The van der Waals surface area contributed by atoms with Crippen molar-refractivity contribution in [1.82, 2.24) is 24.6 Å². The normalized spacial score (nSPS) is 19.3. The maximum absolute atomic E-state index is 14.4. The summed E-state index contributed by atoms with van der Waals surface area (Å²) in [5.74, 6) is 0.764. The molecule has 11 nitrogen and oxygen atoms in total. The first kappa shape index (κ1) is 33.0. The number of amidine groups is 1. The molecule has 2 fully saturated rings. The Hall–Kier alpha value is -3.90. The Morgan fingerprint density at radius 1 is 0.957 bits per heavy atom.